The van der Waals surface area contributed by atoms with Crippen LogP contribution in [0.3, 0.4) is 0 Å². The Morgan fingerprint density at radius 3 is 2.50 bits per heavy atom. The molecule has 0 amide bonds. The first-order valence-electron chi connectivity index (χ1n) is 4.41. The van der Waals surface area contributed by atoms with Gasteiger partial charge in [0, 0.05) is 0 Å². The van der Waals surface area contributed by atoms with Gasteiger partial charge in [-0.15, -0.1) is 6.58 Å². The van der Waals surface area contributed by atoms with Gasteiger partial charge in [-0.2, -0.15) is 0 Å². The van der Waals surface area contributed by atoms with E-state index in [0.717, 1.165) is 12.8 Å². The molecule has 12 heavy (non-hydrogen) atoms. The van der Waals surface area contributed by atoms with Crippen molar-refractivity contribution in [1.82, 2.24) is 0 Å². The van der Waals surface area contributed by atoms with Crippen LogP contribution in [0.5, 0.6) is 0 Å². The molecule has 1 aliphatic rings. The first-order valence-corrected chi connectivity index (χ1v) is 4.41. The maximum atomic E-state index is 9.69. The lowest BCUT2D eigenvalue weighted by molar-refractivity contribution is -0.0997. The van der Waals surface area contributed by atoms with Gasteiger partial charge in [0.1, 0.15) is 0 Å². The molecule has 1 aliphatic heterocycles. The predicted octanol–water partition coefficient (Wildman–Crippen LogP) is 1.88. The summed E-state index contributed by atoms with van der Waals surface area (Å²) in [5.74, 6) is 0. The van der Waals surface area contributed by atoms with Gasteiger partial charge < -0.3 is 9.84 Å². The monoisotopic (exact) mass is 170 g/mol. The highest BCUT2D eigenvalue weighted by Gasteiger charge is 2.40. The first kappa shape index (κ1) is 9.75. The fraction of sp³-hybridized carbons (Fsp3) is 0.800. The molecule has 0 aromatic rings. The highest BCUT2D eigenvalue weighted by Crippen LogP contribution is 2.35. The van der Waals surface area contributed by atoms with E-state index in [1.165, 1.54) is 0 Å². The van der Waals surface area contributed by atoms with Gasteiger partial charge in [-0.1, -0.05) is 6.08 Å². The fourth-order valence-corrected chi connectivity index (χ4v) is 1.51. The van der Waals surface area contributed by atoms with Gasteiger partial charge in [0.05, 0.1) is 17.3 Å². The van der Waals surface area contributed by atoms with Crippen molar-refractivity contribution in [2.24, 2.45) is 0 Å². The summed E-state index contributed by atoms with van der Waals surface area (Å²) in [4.78, 5) is 0. The van der Waals surface area contributed by atoms with E-state index in [4.69, 9.17) is 4.74 Å². The minimum Gasteiger partial charge on any atom is -0.388 e. The van der Waals surface area contributed by atoms with Crippen LogP contribution in [0.1, 0.15) is 33.6 Å². The van der Waals surface area contributed by atoms with Crippen molar-refractivity contribution in [3.8, 4) is 0 Å². The third-order valence-corrected chi connectivity index (χ3v) is 2.53. The van der Waals surface area contributed by atoms with Gasteiger partial charge in [0.15, 0.2) is 0 Å². The van der Waals surface area contributed by atoms with E-state index in [1.807, 2.05) is 13.0 Å². The molecule has 1 unspecified atom stereocenters. The molecule has 1 saturated heterocycles. The van der Waals surface area contributed by atoms with E-state index in [-0.39, 0.29) is 11.7 Å². The molecule has 0 bridgehead atoms. The summed E-state index contributed by atoms with van der Waals surface area (Å²) >= 11 is 0. The van der Waals surface area contributed by atoms with Gasteiger partial charge >= 0.3 is 0 Å². The number of hydrogen-bond donors (Lipinski definition) is 1. The highest BCUT2D eigenvalue weighted by atomic mass is 16.5. The lowest BCUT2D eigenvalue weighted by Gasteiger charge is -2.28. The molecule has 1 N–H and O–H groups in total. The van der Waals surface area contributed by atoms with Gasteiger partial charge in [0.25, 0.3) is 0 Å². The van der Waals surface area contributed by atoms with Crippen molar-refractivity contribution in [2.75, 3.05) is 0 Å². The Labute approximate surface area is 74.2 Å². The van der Waals surface area contributed by atoms with Crippen LogP contribution in [-0.4, -0.2) is 22.4 Å². The lowest BCUT2D eigenvalue weighted by atomic mass is 9.97. The Kier molecular flexibility index (Phi) is 2.32. The van der Waals surface area contributed by atoms with Crippen LogP contribution in [-0.2, 0) is 4.74 Å². The topological polar surface area (TPSA) is 29.5 Å². The molecular formula is C10H18O2. The van der Waals surface area contributed by atoms with E-state index in [0.29, 0.717) is 0 Å². The summed E-state index contributed by atoms with van der Waals surface area (Å²) in [6.45, 7) is 9.30. The molecule has 0 saturated carbocycles. The standard InChI is InChI=1S/C10H18O2/c1-5-10(4)7-6-8(12-10)9(2,3)11/h5,8,11H,1,6-7H2,2-4H3/t8?,10-/m0/s1. The summed E-state index contributed by atoms with van der Waals surface area (Å²) in [7, 11) is 0. The van der Waals surface area contributed by atoms with Gasteiger partial charge in [0.2, 0.25) is 0 Å². The van der Waals surface area contributed by atoms with Crippen LogP contribution < -0.4 is 0 Å². The van der Waals surface area contributed by atoms with Gasteiger partial charge in [-0.05, 0) is 33.6 Å². The van der Waals surface area contributed by atoms with Gasteiger partial charge in [-0.25, -0.2) is 0 Å². The van der Waals surface area contributed by atoms with E-state index in [2.05, 4.69) is 6.58 Å². The normalized spacial score (nSPS) is 36.8. The molecule has 2 atom stereocenters. The quantitative estimate of drug-likeness (QED) is 0.641. The Bertz CT molecular complexity index is 181. The minimum atomic E-state index is -0.735. The molecule has 2 heteroatoms. The highest BCUT2D eigenvalue weighted by molar-refractivity contribution is 5.01. The molecule has 0 spiro atoms. The average molecular weight is 170 g/mol. The first-order chi connectivity index (χ1) is 5.37. The summed E-state index contributed by atoms with van der Waals surface area (Å²) in [5.41, 5.74) is -0.967. The zero-order chi connectivity index (χ0) is 9.41. The van der Waals surface area contributed by atoms with Crippen LogP contribution >= 0.6 is 0 Å². The van der Waals surface area contributed by atoms with E-state index in [9.17, 15) is 5.11 Å². The smallest absolute Gasteiger partial charge is 0.0869 e. The zero-order valence-corrected chi connectivity index (χ0v) is 8.13. The van der Waals surface area contributed by atoms with Crippen LogP contribution in [0.15, 0.2) is 12.7 Å². The van der Waals surface area contributed by atoms with Crippen molar-refractivity contribution < 1.29 is 9.84 Å². The van der Waals surface area contributed by atoms with Crippen molar-refractivity contribution in [2.45, 2.75) is 50.9 Å². The van der Waals surface area contributed by atoms with Gasteiger partial charge in [-0.3, -0.25) is 0 Å². The molecule has 1 rings (SSSR count). The predicted molar refractivity (Wildman–Crippen MR) is 49.0 cm³/mol. The third-order valence-electron chi connectivity index (χ3n) is 2.53. The second-order valence-corrected chi connectivity index (χ2v) is 4.32. The second-order valence-electron chi connectivity index (χ2n) is 4.32. The Balaban J connectivity index is 2.63. The fourth-order valence-electron chi connectivity index (χ4n) is 1.51. The van der Waals surface area contributed by atoms with E-state index in [1.54, 1.807) is 13.8 Å². The van der Waals surface area contributed by atoms with E-state index < -0.39 is 5.60 Å². The molecule has 1 fully saturated rings. The van der Waals surface area contributed by atoms with Crippen molar-refractivity contribution >= 4 is 0 Å². The summed E-state index contributed by atoms with van der Waals surface area (Å²) < 4.78 is 5.69. The second kappa shape index (κ2) is 2.86. The minimum absolute atomic E-state index is 0.0551. The summed E-state index contributed by atoms with van der Waals surface area (Å²) in [6, 6.07) is 0. The van der Waals surface area contributed by atoms with E-state index >= 15 is 0 Å². The SMILES string of the molecule is C=C[C@@]1(C)CCC(C(C)(C)O)O1. The average Bonchev–Trinajstić information content (AvgIpc) is 2.32. The maximum absolute atomic E-state index is 9.69. The molecule has 70 valence electrons. The van der Waals surface area contributed by atoms with Crippen molar-refractivity contribution in [3.63, 3.8) is 0 Å². The number of ether oxygens (including phenoxy) is 1. The summed E-state index contributed by atoms with van der Waals surface area (Å²) in [6.07, 6.45) is 3.62. The Morgan fingerprint density at radius 2 is 2.25 bits per heavy atom. The molecule has 0 aliphatic carbocycles. The molecular weight excluding hydrogens is 152 g/mol. The lowest BCUT2D eigenvalue weighted by Crippen LogP contribution is -2.37. The van der Waals surface area contributed by atoms with Crippen LogP contribution in [0.2, 0.25) is 0 Å². The molecule has 0 radical (unpaired) electrons. The number of hydrogen-bond acceptors (Lipinski definition) is 2. The van der Waals surface area contributed by atoms with Crippen molar-refractivity contribution in [3.05, 3.63) is 12.7 Å². The van der Waals surface area contributed by atoms with Crippen LogP contribution in [0.25, 0.3) is 0 Å². The molecule has 2 nitrogen and oxygen atoms in total. The van der Waals surface area contributed by atoms with Crippen LogP contribution in [0.4, 0.5) is 0 Å². The molecule has 0 aromatic heterocycles. The molecule has 1 heterocycles. The summed E-state index contributed by atoms with van der Waals surface area (Å²) in [5, 5.41) is 9.69. The third kappa shape index (κ3) is 1.87. The number of aliphatic hydroxyl groups is 1. The van der Waals surface area contributed by atoms with Crippen LogP contribution in [0, 0.1) is 0 Å². The maximum Gasteiger partial charge on any atom is 0.0869 e. The molecule has 0 aromatic carbocycles. The Hall–Kier alpha value is -0.340. The van der Waals surface area contributed by atoms with Crippen molar-refractivity contribution in [1.29, 1.82) is 0 Å². The number of rotatable bonds is 2. The zero-order valence-electron chi connectivity index (χ0n) is 8.13. The largest absolute Gasteiger partial charge is 0.388 e. The Morgan fingerprint density at radius 1 is 1.67 bits per heavy atom.